The lowest BCUT2D eigenvalue weighted by Crippen LogP contribution is -2.12. The van der Waals surface area contributed by atoms with E-state index in [9.17, 15) is 4.79 Å². The second-order valence-electron chi connectivity index (χ2n) is 5.38. The van der Waals surface area contributed by atoms with Crippen LogP contribution in [-0.2, 0) is 11.8 Å². The van der Waals surface area contributed by atoms with Crippen LogP contribution in [0.2, 0.25) is 0 Å². The summed E-state index contributed by atoms with van der Waals surface area (Å²) in [4.78, 5) is 17.7. The topological polar surface area (TPSA) is 94.8 Å². The fourth-order valence-corrected chi connectivity index (χ4v) is 3.87. The molecule has 0 radical (unpaired) electrons. The first kappa shape index (κ1) is 18.3. The summed E-state index contributed by atoms with van der Waals surface area (Å²) >= 11 is 2.90. The summed E-state index contributed by atoms with van der Waals surface area (Å²) in [6.45, 7) is 1.99. The lowest BCUT2D eigenvalue weighted by atomic mass is 10.1. The molecule has 2 heterocycles. The smallest absolute Gasteiger partial charge is 0.226 e. The van der Waals surface area contributed by atoms with Crippen LogP contribution in [0.15, 0.2) is 29.4 Å². The maximum Gasteiger partial charge on any atom is 0.226 e. The Morgan fingerprint density at radius 3 is 2.77 bits per heavy atom. The van der Waals surface area contributed by atoms with Crippen molar-refractivity contribution in [1.29, 1.82) is 0 Å². The molecule has 0 aliphatic heterocycles. The zero-order valence-corrected chi connectivity index (χ0v) is 16.2. The highest BCUT2D eigenvalue weighted by molar-refractivity contribution is 7.99. The van der Waals surface area contributed by atoms with E-state index in [-0.39, 0.29) is 5.91 Å². The van der Waals surface area contributed by atoms with Crippen molar-refractivity contribution in [3.63, 3.8) is 0 Å². The summed E-state index contributed by atoms with van der Waals surface area (Å²) in [6, 6.07) is 7.70. The van der Waals surface area contributed by atoms with Crippen LogP contribution in [0.1, 0.15) is 11.3 Å². The van der Waals surface area contributed by atoms with Crippen molar-refractivity contribution in [2.45, 2.75) is 18.5 Å². The quantitative estimate of drug-likeness (QED) is 0.620. The molecule has 0 saturated heterocycles. The molecule has 1 aromatic carbocycles. The first-order valence-corrected chi connectivity index (χ1v) is 9.64. The number of ether oxygens (including phenoxy) is 1. The van der Waals surface area contributed by atoms with Gasteiger partial charge in [-0.15, -0.1) is 16.4 Å². The lowest BCUT2D eigenvalue weighted by Gasteiger charge is -2.02. The summed E-state index contributed by atoms with van der Waals surface area (Å²) in [5, 5.41) is 15.3. The highest BCUT2D eigenvalue weighted by Crippen LogP contribution is 2.31. The average Bonchev–Trinajstić information content (AvgIpc) is 3.20. The first-order valence-electron chi connectivity index (χ1n) is 7.83. The standard InChI is InChI=1S/C16H18N6O2S2/c1-10-14(11-4-6-12(24-3)7-5-11)18-15(26-10)17-13(23)8-9-25-16-19-20-21-22(16)2/h4-7H,8-9H2,1-3H3,(H,17,18,23). The van der Waals surface area contributed by atoms with Gasteiger partial charge in [-0.3, -0.25) is 4.79 Å². The van der Waals surface area contributed by atoms with Gasteiger partial charge in [-0.25, -0.2) is 9.67 Å². The number of aromatic nitrogens is 5. The van der Waals surface area contributed by atoms with Crippen LogP contribution in [0.3, 0.4) is 0 Å². The van der Waals surface area contributed by atoms with Gasteiger partial charge in [0.1, 0.15) is 5.75 Å². The molecule has 1 N–H and O–H groups in total. The van der Waals surface area contributed by atoms with E-state index in [0.29, 0.717) is 22.5 Å². The van der Waals surface area contributed by atoms with Crippen LogP contribution in [0.4, 0.5) is 5.13 Å². The number of hydrogen-bond acceptors (Lipinski definition) is 8. The molecule has 3 rings (SSSR count). The molecule has 0 aliphatic carbocycles. The number of rotatable bonds is 7. The van der Waals surface area contributed by atoms with Crippen LogP contribution < -0.4 is 10.1 Å². The highest BCUT2D eigenvalue weighted by atomic mass is 32.2. The maximum atomic E-state index is 12.1. The SMILES string of the molecule is COc1ccc(-c2nc(NC(=O)CCSc3nnnn3C)sc2C)cc1. The van der Waals surface area contributed by atoms with E-state index >= 15 is 0 Å². The summed E-state index contributed by atoms with van der Waals surface area (Å²) in [5.41, 5.74) is 1.86. The van der Waals surface area contributed by atoms with E-state index in [1.54, 1.807) is 18.8 Å². The number of nitrogens with zero attached hydrogens (tertiary/aromatic N) is 5. The summed E-state index contributed by atoms with van der Waals surface area (Å²) < 4.78 is 6.75. The minimum Gasteiger partial charge on any atom is -0.497 e. The van der Waals surface area contributed by atoms with Gasteiger partial charge < -0.3 is 10.1 Å². The molecule has 0 atom stereocenters. The van der Waals surface area contributed by atoms with Crippen LogP contribution in [0.25, 0.3) is 11.3 Å². The monoisotopic (exact) mass is 390 g/mol. The minimum absolute atomic E-state index is 0.0809. The Morgan fingerprint density at radius 2 is 2.12 bits per heavy atom. The van der Waals surface area contributed by atoms with Crippen molar-refractivity contribution in [2.75, 3.05) is 18.2 Å². The molecule has 2 aromatic heterocycles. The number of amides is 1. The predicted molar refractivity (Wildman–Crippen MR) is 102 cm³/mol. The zero-order valence-electron chi connectivity index (χ0n) is 14.6. The Bertz CT molecular complexity index is 891. The number of nitrogens with one attached hydrogen (secondary N) is 1. The highest BCUT2D eigenvalue weighted by Gasteiger charge is 2.13. The number of carbonyl (C=O) groups is 1. The van der Waals surface area contributed by atoms with E-state index in [0.717, 1.165) is 21.9 Å². The molecule has 3 aromatic rings. The molecule has 0 aliphatic rings. The molecule has 0 unspecified atom stereocenters. The minimum atomic E-state index is -0.0809. The first-order chi connectivity index (χ1) is 12.6. The predicted octanol–water partition coefficient (Wildman–Crippen LogP) is 2.77. The van der Waals surface area contributed by atoms with Crippen molar-refractivity contribution >= 4 is 34.1 Å². The number of thioether (sulfide) groups is 1. The van der Waals surface area contributed by atoms with E-state index in [1.165, 1.54) is 23.1 Å². The van der Waals surface area contributed by atoms with E-state index < -0.39 is 0 Å². The Morgan fingerprint density at radius 1 is 1.35 bits per heavy atom. The van der Waals surface area contributed by atoms with Crippen molar-refractivity contribution in [1.82, 2.24) is 25.2 Å². The van der Waals surface area contributed by atoms with Crippen molar-refractivity contribution < 1.29 is 9.53 Å². The second-order valence-corrected chi connectivity index (χ2v) is 7.65. The molecule has 26 heavy (non-hydrogen) atoms. The number of hydrogen-bond donors (Lipinski definition) is 1. The van der Waals surface area contributed by atoms with Crippen molar-refractivity contribution in [2.24, 2.45) is 7.05 Å². The summed E-state index contributed by atoms with van der Waals surface area (Å²) in [7, 11) is 3.40. The third kappa shape index (κ3) is 4.38. The molecule has 0 spiro atoms. The van der Waals surface area contributed by atoms with Crippen LogP contribution >= 0.6 is 23.1 Å². The number of methoxy groups -OCH3 is 1. The maximum absolute atomic E-state index is 12.1. The van der Waals surface area contributed by atoms with Gasteiger partial charge in [0, 0.05) is 29.7 Å². The second kappa shape index (κ2) is 8.28. The molecular formula is C16H18N6O2S2. The largest absolute Gasteiger partial charge is 0.497 e. The van der Waals surface area contributed by atoms with Crippen LogP contribution in [-0.4, -0.2) is 44.0 Å². The zero-order chi connectivity index (χ0) is 18.5. The number of anilines is 1. The molecular weight excluding hydrogens is 372 g/mol. The van der Waals surface area contributed by atoms with Gasteiger partial charge in [0.2, 0.25) is 11.1 Å². The Labute approximate surface area is 159 Å². The molecule has 0 fully saturated rings. The molecule has 8 nitrogen and oxygen atoms in total. The number of benzene rings is 1. The van der Waals surface area contributed by atoms with Gasteiger partial charge in [-0.1, -0.05) is 11.8 Å². The van der Waals surface area contributed by atoms with Gasteiger partial charge in [0.25, 0.3) is 0 Å². The summed E-state index contributed by atoms with van der Waals surface area (Å²) in [5.74, 6) is 1.31. The molecule has 136 valence electrons. The lowest BCUT2D eigenvalue weighted by molar-refractivity contribution is -0.115. The number of aryl methyl sites for hydroxylation is 2. The molecule has 0 bridgehead atoms. The van der Waals surface area contributed by atoms with Gasteiger partial charge in [0.05, 0.1) is 12.8 Å². The van der Waals surface area contributed by atoms with Gasteiger partial charge in [-0.2, -0.15) is 0 Å². The van der Waals surface area contributed by atoms with Crippen LogP contribution in [0, 0.1) is 6.92 Å². The number of carbonyl (C=O) groups excluding carboxylic acids is 1. The van der Waals surface area contributed by atoms with Gasteiger partial charge >= 0.3 is 0 Å². The van der Waals surface area contributed by atoms with Crippen molar-refractivity contribution in [3.8, 4) is 17.0 Å². The fraction of sp³-hybridized carbons (Fsp3) is 0.312. The van der Waals surface area contributed by atoms with Gasteiger partial charge in [-0.05, 0) is 41.6 Å². The molecule has 0 saturated carbocycles. The van der Waals surface area contributed by atoms with E-state index in [1.807, 2.05) is 31.2 Å². The third-order valence-electron chi connectivity index (χ3n) is 3.55. The summed E-state index contributed by atoms with van der Waals surface area (Å²) in [6.07, 6.45) is 0.355. The number of thiazole rings is 1. The average molecular weight is 390 g/mol. The van der Waals surface area contributed by atoms with E-state index in [2.05, 4.69) is 25.8 Å². The van der Waals surface area contributed by atoms with Crippen LogP contribution in [0.5, 0.6) is 5.75 Å². The number of tetrazole rings is 1. The van der Waals surface area contributed by atoms with Crippen molar-refractivity contribution in [3.05, 3.63) is 29.1 Å². The Balaban J connectivity index is 1.58. The normalized spacial score (nSPS) is 10.7. The Hall–Kier alpha value is -2.46. The Kier molecular flexibility index (Phi) is 5.84. The van der Waals surface area contributed by atoms with E-state index in [4.69, 9.17) is 4.74 Å². The van der Waals surface area contributed by atoms with Gasteiger partial charge in [0.15, 0.2) is 5.13 Å². The third-order valence-corrected chi connectivity index (χ3v) is 5.45. The fourth-order valence-electron chi connectivity index (χ4n) is 2.23. The molecule has 10 heteroatoms. The molecule has 1 amide bonds.